The normalized spacial score (nSPS) is 12.7. The van der Waals surface area contributed by atoms with Crippen LogP contribution in [0.25, 0.3) is 0 Å². The molecule has 0 unspecified atom stereocenters. The molecule has 0 saturated carbocycles. The van der Waals surface area contributed by atoms with Crippen LogP contribution in [0.15, 0.2) is 54.6 Å². The summed E-state index contributed by atoms with van der Waals surface area (Å²) in [5.41, 5.74) is 1.11. The van der Waals surface area contributed by atoms with Crippen LogP contribution in [-0.2, 0) is 16.0 Å². The van der Waals surface area contributed by atoms with E-state index in [1.54, 1.807) is 29.2 Å². The Balaban J connectivity index is 2.13. The summed E-state index contributed by atoms with van der Waals surface area (Å²) in [7, 11) is 0. The van der Waals surface area contributed by atoms with E-state index in [-0.39, 0.29) is 24.5 Å². The van der Waals surface area contributed by atoms with Crippen LogP contribution in [0.4, 0.5) is 0 Å². The maximum atomic E-state index is 13.1. The zero-order chi connectivity index (χ0) is 21.9. The molecule has 30 heavy (non-hydrogen) atoms. The first kappa shape index (κ1) is 23.7. The van der Waals surface area contributed by atoms with Crippen LogP contribution in [0.1, 0.15) is 39.2 Å². The Labute approximate surface area is 184 Å². The van der Waals surface area contributed by atoms with Gasteiger partial charge in [-0.05, 0) is 49.9 Å². The van der Waals surface area contributed by atoms with Crippen molar-refractivity contribution in [3.05, 3.63) is 65.2 Å². The molecule has 0 saturated heterocycles. The third-order valence-corrected chi connectivity index (χ3v) is 5.26. The monoisotopic (exact) mass is 430 g/mol. The molecule has 0 aliphatic heterocycles. The lowest BCUT2D eigenvalue weighted by Crippen LogP contribution is -2.52. The van der Waals surface area contributed by atoms with Crippen LogP contribution in [0.5, 0.6) is 5.75 Å². The second kappa shape index (κ2) is 12.2. The quantitative estimate of drug-likeness (QED) is 0.571. The fourth-order valence-corrected chi connectivity index (χ4v) is 3.30. The van der Waals surface area contributed by atoms with Crippen molar-refractivity contribution in [2.75, 3.05) is 13.2 Å². The van der Waals surface area contributed by atoms with E-state index in [1.807, 2.05) is 51.1 Å². The van der Waals surface area contributed by atoms with Crippen molar-refractivity contribution in [3.63, 3.8) is 0 Å². The van der Waals surface area contributed by atoms with E-state index < -0.39 is 6.04 Å². The van der Waals surface area contributed by atoms with Gasteiger partial charge in [-0.25, -0.2) is 0 Å². The molecule has 2 rings (SSSR count). The Morgan fingerprint density at radius 2 is 1.80 bits per heavy atom. The van der Waals surface area contributed by atoms with Gasteiger partial charge in [-0.3, -0.25) is 9.59 Å². The summed E-state index contributed by atoms with van der Waals surface area (Å²) < 4.78 is 5.65. The summed E-state index contributed by atoms with van der Waals surface area (Å²) in [6, 6.07) is 16.4. The summed E-state index contributed by atoms with van der Waals surface area (Å²) in [5.74, 6) is 0.170. The van der Waals surface area contributed by atoms with Gasteiger partial charge in [-0.1, -0.05) is 61.8 Å². The van der Waals surface area contributed by atoms with Crippen molar-refractivity contribution in [2.45, 2.75) is 52.1 Å². The average Bonchev–Trinajstić information content (AvgIpc) is 2.75. The molecule has 0 fully saturated rings. The Hall–Kier alpha value is -2.53. The van der Waals surface area contributed by atoms with E-state index in [4.69, 9.17) is 16.3 Å². The minimum absolute atomic E-state index is 0.0559. The average molecular weight is 431 g/mol. The second-order valence-corrected chi connectivity index (χ2v) is 7.75. The second-order valence-electron chi connectivity index (χ2n) is 7.31. The van der Waals surface area contributed by atoms with Crippen molar-refractivity contribution in [1.29, 1.82) is 0 Å². The molecule has 2 amide bonds. The number of hydrogen-bond acceptors (Lipinski definition) is 3. The maximum Gasteiger partial charge on any atom is 0.261 e. The van der Waals surface area contributed by atoms with Crippen molar-refractivity contribution < 1.29 is 14.3 Å². The molecule has 162 valence electrons. The van der Waals surface area contributed by atoms with Crippen molar-refractivity contribution in [1.82, 2.24) is 10.2 Å². The minimum atomic E-state index is -0.543. The lowest BCUT2D eigenvalue weighted by atomic mass is 10.1. The number of carbonyl (C=O) groups excluding carboxylic acids is 2. The van der Waals surface area contributed by atoms with Crippen molar-refractivity contribution >= 4 is 23.4 Å². The van der Waals surface area contributed by atoms with Crippen LogP contribution < -0.4 is 10.1 Å². The van der Waals surface area contributed by atoms with Gasteiger partial charge in [0.15, 0.2) is 6.61 Å². The highest BCUT2D eigenvalue weighted by molar-refractivity contribution is 6.30. The van der Waals surface area contributed by atoms with Gasteiger partial charge in [0.05, 0.1) is 0 Å². The smallest absolute Gasteiger partial charge is 0.261 e. The van der Waals surface area contributed by atoms with E-state index in [2.05, 4.69) is 5.32 Å². The molecule has 0 aliphatic carbocycles. The molecular formula is C24H31ClN2O3. The molecule has 6 heteroatoms. The van der Waals surface area contributed by atoms with Crippen molar-refractivity contribution in [3.8, 4) is 5.75 Å². The van der Waals surface area contributed by atoms with E-state index in [1.165, 1.54) is 0 Å². The number of amides is 2. The summed E-state index contributed by atoms with van der Waals surface area (Å²) in [4.78, 5) is 27.6. The van der Waals surface area contributed by atoms with Gasteiger partial charge in [0.25, 0.3) is 5.91 Å². The third-order valence-electron chi connectivity index (χ3n) is 5.03. The Bertz CT molecular complexity index is 813. The van der Waals surface area contributed by atoms with Gasteiger partial charge < -0.3 is 15.0 Å². The zero-order valence-corrected chi connectivity index (χ0v) is 18.7. The Morgan fingerprint density at radius 3 is 2.43 bits per heavy atom. The first-order chi connectivity index (χ1) is 14.4. The number of ether oxygens (including phenoxy) is 1. The molecule has 0 bridgehead atoms. The lowest BCUT2D eigenvalue weighted by molar-refractivity contribution is -0.142. The fraction of sp³-hybridized carbons (Fsp3) is 0.417. The molecule has 0 spiro atoms. The maximum absolute atomic E-state index is 13.1. The molecule has 2 aromatic rings. The van der Waals surface area contributed by atoms with Crippen molar-refractivity contribution in [2.24, 2.45) is 0 Å². The molecular weight excluding hydrogens is 400 g/mol. The molecule has 0 aliphatic rings. The highest BCUT2D eigenvalue weighted by Crippen LogP contribution is 2.17. The first-order valence-corrected chi connectivity index (χ1v) is 10.8. The van der Waals surface area contributed by atoms with Gasteiger partial charge in [0.1, 0.15) is 11.8 Å². The summed E-state index contributed by atoms with van der Waals surface area (Å²) >= 11 is 5.99. The number of rotatable bonds is 11. The minimum Gasteiger partial charge on any atom is -0.484 e. The number of nitrogens with zero attached hydrogens (tertiary/aromatic N) is 1. The highest BCUT2D eigenvalue weighted by Gasteiger charge is 2.29. The van der Waals surface area contributed by atoms with Gasteiger partial charge >= 0.3 is 0 Å². The van der Waals surface area contributed by atoms with Gasteiger partial charge in [-0.15, -0.1) is 0 Å². The number of carbonyl (C=O) groups is 2. The lowest BCUT2D eigenvalue weighted by Gasteiger charge is -2.31. The number of hydrogen-bond donors (Lipinski definition) is 1. The predicted octanol–water partition coefficient (Wildman–Crippen LogP) is 4.48. The van der Waals surface area contributed by atoms with E-state index >= 15 is 0 Å². The van der Waals surface area contributed by atoms with E-state index in [0.717, 1.165) is 12.0 Å². The largest absolute Gasteiger partial charge is 0.484 e. The Morgan fingerprint density at radius 1 is 1.07 bits per heavy atom. The molecule has 0 aromatic heterocycles. The van der Waals surface area contributed by atoms with E-state index in [9.17, 15) is 9.59 Å². The fourth-order valence-electron chi connectivity index (χ4n) is 3.12. The highest BCUT2D eigenvalue weighted by atomic mass is 35.5. The SMILES string of the molecule is CC[C@@H](C)NC(=O)[C@@H](CC)N(CCc1ccccc1)C(=O)COc1cccc(Cl)c1. The first-order valence-electron chi connectivity index (χ1n) is 10.5. The third kappa shape index (κ3) is 7.38. The molecule has 0 radical (unpaired) electrons. The van der Waals surface area contributed by atoms with Gasteiger partial charge in [0, 0.05) is 17.6 Å². The van der Waals surface area contributed by atoms with Crippen LogP contribution in [0, 0.1) is 0 Å². The van der Waals surface area contributed by atoms with Gasteiger partial charge in [-0.2, -0.15) is 0 Å². The van der Waals surface area contributed by atoms with Crippen LogP contribution in [-0.4, -0.2) is 41.9 Å². The van der Waals surface area contributed by atoms with E-state index in [0.29, 0.717) is 30.2 Å². The molecule has 0 heterocycles. The van der Waals surface area contributed by atoms with Gasteiger partial charge in [0.2, 0.25) is 5.91 Å². The van der Waals surface area contributed by atoms with Crippen LogP contribution in [0.3, 0.4) is 0 Å². The molecule has 2 aromatic carbocycles. The topological polar surface area (TPSA) is 58.6 Å². The zero-order valence-electron chi connectivity index (χ0n) is 17.9. The molecule has 1 N–H and O–H groups in total. The molecule has 2 atom stereocenters. The van der Waals surface area contributed by atoms with Crippen LogP contribution in [0.2, 0.25) is 5.02 Å². The summed E-state index contributed by atoms with van der Waals surface area (Å²) in [6.45, 7) is 6.18. The number of benzene rings is 2. The predicted molar refractivity (Wildman–Crippen MR) is 121 cm³/mol. The Kier molecular flexibility index (Phi) is 9.68. The molecule has 5 nitrogen and oxygen atoms in total. The van der Waals surface area contributed by atoms with Crippen LogP contribution >= 0.6 is 11.6 Å². The summed E-state index contributed by atoms with van der Waals surface area (Å²) in [5, 5.41) is 3.55. The standard InChI is InChI=1S/C24H31ClN2O3/c1-4-18(3)26-24(29)22(5-2)27(15-14-19-10-7-6-8-11-19)23(28)17-30-21-13-9-12-20(25)16-21/h6-13,16,18,22H,4-5,14-15,17H2,1-3H3,(H,26,29)/t18-,22-/m1/s1. The number of halogens is 1. The summed E-state index contributed by atoms with van der Waals surface area (Å²) in [6.07, 6.45) is 2.02. The number of nitrogens with one attached hydrogen (secondary N) is 1.